The SMILES string of the molecule is O=C1/C(=C/c2ccco2)Oc2cc(OCc3ccc(Cl)c(Cl)c3)ccc21. The molecule has 0 atom stereocenters. The highest BCUT2D eigenvalue weighted by molar-refractivity contribution is 6.42. The summed E-state index contributed by atoms with van der Waals surface area (Å²) in [6.45, 7) is 0.318. The average molecular weight is 387 g/mol. The molecule has 4 rings (SSSR count). The van der Waals surface area contributed by atoms with Crippen molar-refractivity contribution in [2.24, 2.45) is 0 Å². The second-order valence-electron chi connectivity index (χ2n) is 5.65. The number of benzene rings is 2. The van der Waals surface area contributed by atoms with Crippen molar-refractivity contribution in [3.8, 4) is 11.5 Å². The third kappa shape index (κ3) is 3.34. The van der Waals surface area contributed by atoms with Gasteiger partial charge in [-0.3, -0.25) is 4.79 Å². The van der Waals surface area contributed by atoms with E-state index in [1.54, 1.807) is 48.5 Å². The minimum atomic E-state index is -0.188. The van der Waals surface area contributed by atoms with Gasteiger partial charge < -0.3 is 13.9 Å². The van der Waals surface area contributed by atoms with Gasteiger partial charge in [0.05, 0.1) is 21.9 Å². The lowest BCUT2D eigenvalue weighted by molar-refractivity contribution is 0.101. The van der Waals surface area contributed by atoms with Crippen molar-refractivity contribution in [3.05, 3.63) is 87.5 Å². The van der Waals surface area contributed by atoms with Crippen LogP contribution in [-0.2, 0) is 6.61 Å². The van der Waals surface area contributed by atoms with Crippen LogP contribution in [0.4, 0.5) is 0 Å². The molecule has 0 unspecified atom stereocenters. The molecule has 0 N–H and O–H groups in total. The number of hydrogen-bond acceptors (Lipinski definition) is 4. The van der Waals surface area contributed by atoms with Crippen LogP contribution in [0.5, 0.6) is 11.5 Å². The number of rotatable bonds is 4. The Labute approximate surface area is 159 Å². The first-order chi connectivity index (χ1) is 12.6. The third-order valence-corrected chi connectivity index (χ3v) is 4.59. The molecule has 0 spiro atoms. The van der Waals surface area contributed by atoms with Gasteiger partial charge in [-0.1, -0.05) is 29.3 Å². The first-order valence-electron chi connectivity index (χ1n) is 7.79. The molecule has 26 heavy (non-hydrogen) atoms. The highest BCUT2D eigenvalue weighted by atomic mass is 35.5. The van der Waals surface area contributed by atoms with Crippen LogP contribution in [0, 0.1) is 0 Å². The van der Waals surface area contributed by atoms with E-state index < -0.39 is 0 Å². The van der Waals surface area contributed by atoms with Gasteiger partial charge in [-0.15, -0.1) is 0 Å². The second-order valence-corrected chi connectivity index (χ2v) is 6.46. The molecule has 0 radical (unpaired) electrons. The zero-order chi connectivity index (χ0) is 18.1. The number of ketones is 1. The van der Waals surface area contributed by atoms with E-state index in [4.69, 9.17) is 37.1 Å². The number of Topliss-reactive ketones (excluding diaryl/α,β-unsaturated/α-hetero) is 1. The molecule has 130 valence electrons. The van der Waals surface area contributed by atoms with Crippen molar-refractivity contribution in [1.29, 1.82) is 0 Å². The monoisotopic (exact) mass is 386 g/mol. The van der Waals surface area contributed by atoms with Crippen LogP contribution in [0.3, 0.4) is 0 Å². The van der Waals surface area contributed by atoms with Gasteiger partial charge in [0.25, 0.3) is 0 Å². The first-order valence-corrected chi connectivity index (χ1v) is 8.54. The molecule has 0 saturated heterocycles. The van der Waals surface area contributed by atoms with Crippen molar-refractivity contribution >= 4 is 35.1 Å². The first kappa shape index (κ1) is 16.8. The Morgan fingerprint density at radius 2 is 1.92 bits per heavy atom. The van der Waals surface area contributed by atoms with E-state index >= 15 is 0 Å². The van der Waals surface area contributed by atoms with E-state index in [0.29, 0.717) is 39.5 Å². The lowest BCUT2D eigenvalue weighted by Crippen LogP contribution is -1.97. The summed E-state index contributed by atoms with van der Waals surface area (Å²) in [6, 6.07) is 13.9. The van der Waals surface area contributed by atoms with E-state index in [-0.39, 0.29) is 11.5 Å². The third-order valence-electron chi connectivity index (χ3n) is 3.85. The smallest absolute Gasteiger partial charge is 0.232 e. The Morgan fingerprint density at radius 1 is 1.04 bits per heavy atom. The maximum atomic E-state index is 12.4. The second kappa shape index (κ2) is 6.90. The highest BCUT2D eigenvalue weighted by Gasteiger charge is 2.28. The molecular formula is C20H12Cl2O4. The average Bonchev–Trinajstić information content (AvgIpc) is 3.25. The van der Waals surface area contributed by atoms with Gasteiger partial charge in [-0.25, -0.2) is 0 Å². The molecule has 1 aromatic heterocycles. The van der Waals surface area contributed by atoms with Crippen LogP contribution in [0.15, 0.2) is 65.0 Å². The van der Waals surface area contributed by atoms with Crippen LogP contribution in [0.25, 0.3) is 6.08 Å². The van der Waals surface area contributed by atoms with Gasteiger partial charge in [0.15, 0.2) is 5.76 Å². The number of fused-ring (bicyclic) bond motifs is 1. The van der Waals surface area contributed by atoms with E-state index in [9.17, 15) is 4.79 Å². The molecular weight excluding hydrogens is 375 g/mol. The van der Waals surface area contributed by atoms with Gasteiger partial charge in [0, 0.05) is 12.1 Å². The maximum Gasteiger partial charge on any atom is 0.232 e. The molecule has 0 saturated carbocycles. The molecule has 2 heterocycles. The highest BCUT2D eigenvalue weighted by Crippen LogP contribution is 2.35. The van der Waals surface area contributed by atoms with Gasteiger partial charge in [0.1, 0.15) is 23.9 Å². The number of carbonyl (C=O) groups excluding carboxylic acids is 1. The Hall–Kier alpha value is -2.69. The van der Waals surface area contributed by atoms with E-state index in [1.165, 1.54) is 6.26 Å². The van der Waals surface area contributed by atoms with Crippen molar-refractivity contribution in [2.45, 2.75) is 6.61 Å². The number of halogens is 2. The van der Waals surface area contributed by atoms with Crippen LogP contribution in [0.2, 0.25) is 10.0 Å². The fourth-order valence-electron chi connectivity index (χ4n) is 2.56. The zero-order valence-corrected chi connectivity index (χ0v) is 14.9. The van der Waals surface area contributed by atoms with E-state index in [1.807, 2.05) is 6.07 Å². The number of allylic oxidation sites excluding steroid dienone is 1. The van der Waals surface area contributed by atoms with Gasteiger partial charge in [-0.2, -0.15) is 0 Å². The number of carbonyl (C=O) groups is 1. The van der Waals surface area contributed by atoms with Gasteiger partial charge in [-0.05, 0) is 42.0 Å². The van der Waals surface area contributed by atoms with Crippen LogP contribution in [0.1, 0.15) is 21.7 Å². The predicted molar refractivity (Wildman–Crippen MR) is 98.9 cm³/mol. The number of ether oxygens (including phenoxy) is 2. The Morgan fingerprint density at radius 3 is 2.69 bits per heavy atom. The van der Waals surface area contributed by atoms with Crippen LogP contribution >= 0.6 is 23.2 Å². The standard InChI is InChI=1S/C20H12Cl2O4/c21-16-6-3-12(8-17(16)22)11-25-14-4-5-15-18(9-14)26-19(20(15)23)10-13-2-1-7-24-13/h1-10H,11H2/b19-10-. The summed E-state index contributed by atoms with van der Waals surface area (Å²) in [4.78, 5) is 12.4. The lowest BCUT2D eigenvalue weighted by atomic mass is 10.1. The fourth-order valence-corrected chi connectivity index (χ4v) is 2.88. The normalized spacial score (nSPS) is 14.4. The quantitative estimate of drug-likeness (QED) is 0.533. The summed E-state index contributed by atoms with van der Waals surface area (Å²) >= 11 is 11.9. The molecule has 4 nitrogen and oxygen atoms in total. The van der Waals surface area contributed by atoms with Crippen molar-refractivity contribution in [1.82, 2.24) is 0 Å². The molecule has 0 fully saturated rings. The molecule has 6 heteroatoms. The van der Waals surface area contributed by atoms with Gasteiger partial charge in [0.2, 0.25) is 5.78 Å². The fraction of sp³-hybridized carbons (Fsp3) is 0.0500. The van der Waals surface area contributed by atoms with Crippen LogP contribution in [-0.4, -0.2) is 5.78 Å². The van der Waals surface area contributed by atoms with Crippen molar-refractivity contribution < 1.29 is 18.7 Å². The largest absolute Gasteiger partial charge is 0.489 e. The molecule has 1 aliphatic rings. The molecule has 0 amide bonds. The Kier molecular flexibility index (Phi) is 4.45. The van der Waals surface area contributed by atoms with Gasteiger partial charge >= 0.3 is 0 Å². The topological polar surface area (TPSA) is 48.7 Å². The van der Waals surface area contributed by atoms with Crippen molar-refractivity contribution in [3.63, 3.8) is 0 Å². The summed E-state index contributed by atoms with van der Waals surface area (Å²) in [6.07, 6.45) is 3.10. The maximum absolute atomic E-state index is 12.4. The summed E-state index contributed by atoms with van der Waals surface area (Å²) in [5.74, 6) is 1.63. The lowest BCUT2D eigenvalue weighted by Gasteiger charge is -2.08. The molecule has 2 aromatic carbocycles. The zero-order valence-electron chi connectivity index (χ0n) is 13.4. The molecule has 3 aromatic rings. The Bertz CT molecular complexity index is 1010. The van der Waals surface area contributed by atoms with Crippen molar-refractivity contribution in [2.75, 3.05) is 0 Å². The molecule has 0 aliphatic carbocycles. The number of hydrogen-bond donors (Lipinski definition) is 0. The predicted octanol–water partition coefficient (Wildman–Crippen LogP) is 5.78. The summed E-state index contributed by atoms with van der Waals surface area (Å²) in [5, 5.41) is 0.971. The van der Waals surface area contributed by atoms with E-state index in [0.717, 1.165) is 5.56 Å². The summed E-state index contributed by atoms with van der Waals surface area (Å²) in [7, 11) is 0. The minimum Gasteiger partial charge on any atom is -0.489 e. The summed E-state index contributed by atoms with van der Waals surface area (Å²) in [5.41, 5.74) is 1.37. The number of furan rings is 1. The molecule has 1 aliphatic heterocycles. The van der Waals surface area contributed by atoms with Crippen LogP contribution < -0.4 is 9.47 Å². The Balaban J connectivity index is 1.50. The molecule has 0 bridgehead atoms. The summed E-state index contributed by atoms with van der Waals surface area (Å²) < 4.78 is 16.6. The minimum absolute atomic E-state index is 0.188. The van der Waals surface area contributed by atoms with E-state index in [2.05, 4.69) is 0 Å².